The van der Waals surface area contributed by atoms with Gasteiger partial charge in [-0.15, -0.1) is 0 Å². The van der Waals surface area contributed by atoms with Gasteiger partial charge in [-0.05, 0) is 43.5 Å². The Balaban J connectivity index is 1.68. The number of anilines is 1. The first-order valence-corrected chi connectivity index (χ1v) is 9.08. The first-order valence-electron chi connectivity index (χ1n) is 9.08. The van der Waals surface area contributed by atoms with Crippen LogP contribution in [0.2, 0.25) is 0 Å². The smallest absolute Gasteiger partial charge is 0.224 e. The van der Waals surface area contributed by atoms with Crippen molar-refractivity contribution in [2.75, 3.05) is 18.0 Å². The Labute approximate surface area is 157 Å². The van der Waals surface area contributed by atoms with Gasteiger partial charge >= 0.3 is 0 Å². The summed E-state index contributed by atoms with van der Waals surface area (Å²) in [5.41, 5.74) is 1.42. The molecule has 1 heterocycles. The van der Waals surface area contributed by atoms with Crippen LogP contribution >= 0.6 is 0 Å². The second-order valence-corrected chi connectivity index (χ2v) is 7.04. The van der Waals surface area contributed by atoms with Crippen LogP contribution < -0.4 is 4.90 Å². The molecule has 2 aromatic rings. The van der Waals surface area contributed by atoms with E-state index in [4.69, 9.17) is 0 Å². The Morgan fingerprint density at radius 1 is 1.11 bits per heavy atom. The van der Waals surface area contributed by atoms with Gasteiger partial charge in [-0.1, -0.05) is 18.2 Å². The molecule has 6 heteroatoms. The number of halogens is 3. The predicted molar refractivity (Wildman–Crippen MR) is 99.0 cm³/mol. The molecule has 0 aromatic heterocycles. The number of aryl methyl sites for hydroxylation is 1. The highest BCUT2D eigenvalue weighted by molar-refractivity contribution is 5.92. The molecule has 3 rings (SSSR count). The van der Waals surface area contributed by atoms with Crippen molar-refractivity contribution in [2.45, 2.75) is 39.3 Å². The molecule has 1 fully saturated rings. The van der Waals surface area contributed by atoms with E-state index in [9.17, 15) is 18.0 Å². The van der Waals surface area contributed by atoms with E-state index in [2.05, 4.69) is 0 Å². The van der Waals surface area contributed by atoms with E-state index in [0.29, 0.717) is 49.3 Å². The molecule has 1 aliphatic rings. The molecule has 3 nitrogen and oxygen atoms in total. The van der Waals surface area contributed by atoms with Crippen molar-refractivity contribution in [2.24, 2.45) is 0 Å². The van der Waals surface area contributed by atoms with E-state index in [1.165, 1.54) is 19.1 Å². The number of amides is 1. The summed E-state index contributed by atoms with van der Waals surface area (Å²) in [4.78, 5) is 15.9. The molecule has 0 radical (unpaired) electrons. The number of carbonyl (C=O) groups is 1. The van der Waals surface area contributed by atoms with Gasteiger partial charge in [0.2, 0.25) is 5.91 Å². The van der Waals surface area contributed by atoms with Crippen LogP contribution in [-0.2, 0) is 11.3 Å². The Hall–Kier alpha value is -2.34. The van der Waals surface area contributed by atoms with Crippen LogP contribution in [-0.4, -0.2) is 29.9 Å². The molecule has 0 saturated carbocycles. The topological polar surface area (TPSA) is 23.6 Å². The Kier molecular flexibility index (Phi) is 5.85. The third kappa shape index (κ3) is 4.33. The van der Waals surface area contributed by atoms with Gasteiger partial charge in [0, 0.05) is 43.9 Å². The quantitative estimate of drug-likeness (QED) is 0.788. The van der Waals surface area contributed by atoms with Gasteiger partial charge in [0.25, 0.3) is 0 Å². The zero-order chi connectivity index (χ0) is 19.6. The average molecular weight is 376 g/mol. The summed E-state index contributed by atoms with van der Waals surface area (Å²) < 4.78 is 41.2. The second-order valence-electron chi connectivity index (χ2n) is 7.04. The largest absolute Gasteiger partial charge is 0.309 e. The molecular formula is C21H23F3N2O. The number of rotatable bonds is 4. The SMILES string of the molecule is CC(=O)N(c1ccc(C)c(F)c1)C1CCN(Cc2cccc(F)c2F)CC1. The maximum Gasteiger partial charge on any atom is 0.224 e. The molecule has 0 unspecified atom stereocenters. The highest BCUT2D eigenvalue weighted by Gasteiger charge is 2.28. The van der Waals surface area contributed by atoms with Gasteiger partial charge in [0.1, 0.15) is 5.82 Å². The molecule has 2 aromatic carbocycles. The lowest BCUT2D eigenvalue weighted by atomic mass is 10.0. The molecule has 0 bridgehead atoms. The summed E-state index contributed by atoms with van der Waals surface area (Å²) in [5.74, 6) is -2.11. The zero-order valence-corrected chi connectivity index (χ0v) is 15.5. The Morgan fingerprint density at radius 2 is 1.81 bits per heavy atom. The van der Waals surface area contributed by atoms with E-state index in [1.807, 2.05) is 4.90 Å². The molecule has 0 atom stereocenters. The van der Waals surface area contributed by atoms with Crippen molar-refractivity contribution >= 4 is 11.6 Å². The fraction of sp³-hybridized carbons (Fsp3) is 0.381. The number of hydrogen-bond donors (Lipinski definition) is 0. The van der Waals surface area contributed by atoms with Crippen molar-refractivity contribution in [1.82, 2.24) is 4.90 Å². The first-order chi connectivity index (χ1) is 12.9. The second kappa shape index (κ2) is 8.13. The first kappa shape index (κ1) is 19.4. The normalized spacial score (nSPS) is 15.7. The molecule has 144 valence electrons. The summed E-state index contributed by atoms with van der Waals surface area (Å²) in [6.07, 6.45) is 1.37. The number of piperidine rings is 1. The van der Waals surface area contributed by atoms with Crippen LogP contribution in [0, 0.1) is 24.4 Å². The summed E-state index contributed by atoms with van der Waals surface area (Å²) >= 11 is 0. The number of likely N-dealkylation sites (tertiary alicyclic amines) is 1. The van der Waals surface area contributed by atoms with Gasteiger partial charge in [0.15, 0.2) is 11.6 Å². The third-order valence-corrected chi connectivity index (χ3v) is 5.12. The van der Waals surface area contributed by atoms with Gasteiger partial charge in [0.05, 0.1) is 0 Å². The monoisotopic (exact) mass is 376 g/mol. The highest BCUT2D eigenvalue weighted by atomic mass is 19.2. The number of hydrogen-bond acceptors (Lipinski definition) is 2. The van der Waals surface area contributed by atoms with Crippen LogP contribution in [0.1, 0.15) is 30.9 Å². The van der Waals surface area contributed by atoms with E-state index in [-0.39, 0.29) is 17.8 Å². The summed E-state index contributed by atoms with van der Waals surface area (Å²) in [5, 5.41) is 0. The molecule has 0 N–H and O–H groups in total. The van der Waals surface area contributed by atoms with Crippen LogP contribution in [0.15, 0.2) is 36.4 Å². The summed E-state index contributed by atoms with van der Waals surface area (Å²) in [7, 11) is 0. The third-order valence-electron chi connectivity index (χ3n) is 5.12. The average Bonchev–Trinajstić information content (AvgIpc) is 2.63. The number of nitrogens with zero attached hydrogens (tertiary/aromatic N) is 2. The minimum absolute atomic E-state index is 0.0433. The molecule has 1 amide bonds. The molecule has 1 aliphatic heterocycles. The maximum atomic E-state index is 13.9. The van der Waals surface area contributed by atoms with Crippen molar-refractivity contribution in [3.63, 3.8) is 0 Å². The minimum Gasteiger partial charge on any atom is -0.309 e. The zero-order valence-electron chi connectivity index (χ0n) is 15.5. The molecule has 0 aliphatic carbocycles. The van der Waals surface area contributed by atoms with E-state index in [0.717, 1.165) is 6.07 Å². The van der Waals surface area contributed by atoms with Crippen molar-refractivity contribution in [3.05, 3.63) is 65.0 Å². The van der Waals surface area contributed by atoms with Crippen LogP contribution in [0.25, 0.3) is 0 Å². The Bertz CT molecular complexity index is 832. The lowest BCUT2D eigenvalue weighted by Gasteiger charge is -2.38. The van der Waals surface area contributed by atoms with E-state index < -0.39 is 11.6 Å². The molecule has 27 heavy (non-hydrogen) atoms. The number of carbonyl (C=O) groups excluding carboxylic acids is 1. The van der Waals surface area contributed by atoms with Gasteiger partial charge in [-0.25, -0.2) is 13.2 Å². The van der Waals surface area contributed by atoms with Gasteiger partial charge in [-0.3, -0.25) is 9.69 Å². The predicted octanol–water partition coefficient (Wildman–Crippen LogP) is 4.43. The van der Waals surface area contributed by atoms with Crippen molar-refractivity contribution in [1.29, 1.82) is 0 Å². The van der Waals surface area contributed by atoms with Crippen LogP contribution in [0.3, 0.4) is 0 Å². The van der Waals surface area contributed by atoms with E-state index >= 15 is 0 Å². The fourth-order valence-electron chi connectivity index (χ4n) is 3.63. The fourth-order valence-corrected chi connectivity index (χ4v) is 3.63. The summed E-state index contributed by atoms with van der Waals surface area (Å²) in [6, 6.07) is 8.97. The number of benzene rings is 2. The Morgan fingerprint density at radius 3 is 2.44 bits per heavy atom. The van der Waals surface area contributed by atoms with Crippen LogP contribution in [0.5, 0.6) is 0 Å². The van der Waals surface area contributed by atoms with Gasteiger partial charge < -0.3 is 4.90 Å². The standard InChI is InChI=1S/C21H23F3N2O/c1-14-6-7-18(12-20(14)23)26(15(2)27)17-8-10-25(11-9-17)13-16-4-3-5-19(22)21(16)24/h3-7,12,17H,8-11,13H2,1-2H3. The lowest BCUT2D eigenvalue weighted by Crippen LogP contribution is -2.46. The molecule has 0 spiro atoms. The van der Waals surface area contributed by atoms with Crippen molar-refractivity contribution in [3.8, 4) is 0 Å². The minimum atomic E-state index is -0.841. The van der Waals surface area contributed by atoms with Crippen LogP contribution in [0.4, 0.5) is 18.9 Å². The maximum absolute atomic E-state index is 13.9. The molecular weight excluding hydrogens is 353 g/mol. The highest BCUT2D eigenvalue weighted by Crippen LogP contribution is 2.26. The van der Waals surface area contributed by atoms with E-state index in [1.54, 1.807) is 30.0 Å². The van der Waals surface area contributed by atoms with Crippen molar-refractivity contribution < 1.29 is 18.0 Å². The molecule has 1 saturated heterocycles. The lowest BCUT2D eigenvalue weighted by molar-refractivity contribution is -0.117. The van der Waals surface area contributed by atoms with Gasteiger partial charge in [-0.2, -0.15) is 0 Å². The summed E-state index contributed by atoms with van der Waals surface area (Å²) in [6.45, 7) is 4.79.